The van der Waals surface area contributed by atoms with Crippen molar-refractivity contribution in [2.75, 3.05) is 12.0 Å². The van der Waals surface area contributed by atoms with Crippen LogP contribution in [-0.2, 0) is 20.9 Å². The molecule has 0 aliphatic carbocycles. The fraction of sp³-hybridized carbons (Fsp3) is 0.182. The molecule has 18 heavy (non-hydrogen) atoms. The van der Waals surface area contributed by atoms with Gasteiger partial charge in [0.25, 0.3) is 10.1 Å². The van der Waals surface area contributed by atoms with E-state index >= 15 is 0 Å². The molecule has 96 valence electrons. The number of benzene rings is 1. The lowest BCUT2D eigenvalue weighted by Gasteiger charge is -1.96. The number of hydrogen-bond donors (Lipinski definition) is 1. The number of rotatable bonds is 4. The van der Waals surface area contributed by atoms with Gasteiger partial charge in [0.15, 0.2) is 5.76 Å². The summed E-state index contributed by atoms with van der Waals surface area (Å²) in [4.78, 5) is 0. The van der Waals surface area contributed by atoms with Gasteiger partial charge in [-0.05, 0) is 12.1 Å². The molecule has 0 amide bonds. The zero-order valence-electron chi connectivity index (χ0n) is 9.66. The Bertz CT molecular complexity index is 649. The first-order chi connectivity index (χ1) is 8.44. The van der Waals surface area contributed by atoms with Gasteiger partial charge in [-0.1, -0.05) is 17.3 Å². The van der Waals surface area contributed by atoms with Crippen LogP contribution in [-0.4, -0.2) is 19.8 Å². The monoisotopic (exact) mass is 268 g/mol. The highest BCUT2D eigenvalue weighted by atomic mass is 32.2. The summed E-state index contributed by atoms with van der Waals surface area (Å²) in [5, 5.41) is 3.72. The molecule has 0 aliphatic rings. The molecule has 1 heterocycles. The number of nitrogen functional groups attached to an aromatic ring is 1. The fourth-order valence-electron chi connectivity index (χ4n) is 1.38. The lowest BCUT2D eigenvalue weighted by Crippen LogP contribution is -2.02. The molecule has 7 heteroatoms. The summed E-state index contributed by atoms with van der Waals surface area (Å²) in [6.07, 6.45) is 0.978. The van der Waals surface area contributed by atoms with Crippen LogP contribution in [0.2, 0.25) is 0 Å². The van der Waals surface area contributed by atoms with Crippen LogP contribution >= 0.6 is 0 Å². The lowest BCUT2D eigenvalue weighted by atomic mass is 10.1. The van der Waals surface area contributed by atoms with E-state index in [0.717, 1.165) is 11.8 Å². The number of anilines is 1. The molecule has 0 atom stereocenters. The van der Waals surface area contributed by atoms with Crippen molar-refractivity contribution in [3.8, 4) is 11.3 Å². The van der Waals surface area contributed by atoms with Crippen LogP contribution in [0.1, 0.15) is 5.69 Å². The van der Waals surface area contributed by atoms with Gasteiger partial charge in [-0.25, -0.2) is 0 Å². The highest BCUT2D eigenvalue weighted by Gasteiger charge is 2.09. The molecule has 0 bridgehead atoms. The molecule has 0 radical (unpaired) electrons. The molecule has 0 unspecified atom stereocenters. The van der Waals surface area contributed by atoms with Gasteiger partial charge in [0.1, 0.15) is 12.3 Å². The predicted octanol–water partition coefficient (Wildman–Crippen LogP) is 1.40. The minimum atomic E-state index is -3.49. The molecule has 0 saturated carbocycles. The van der Waals surface area contributed by atoms with Gasteiger partial charge in [0, 0.05) is 17.3 Å². The van der Waals surface area contributed by atoms with E-state index in [2.05, 4.69) is 9.34 Å². The summed E-state index contributed by atoms with van der Waals surface area (Å²) in [6.45, 7) is -0.148. The predicted molar refractivity (Wildman–Crippen MR) is 66.0 cm³/mol. The zero-order chi connectivity index (χ0) is 13.2. The Balaban J connectivity index is 2.16. The SMILES string of the molecule is CS(=O)(=O)OCc1cc(-c2cccc(N)c2)on1. The summed E-state index contributed by atoms with van der Waals surface area (Å²) in [5.41, 5.74) is 7.43. The van der Waals surface area contributed by atoms with Crippen LogP contribution in [0.25, 0.3) is 11.3 Å². The van der Waals surface area contributed by atoms with E-state index in [1.54, 1.807) is 24.3 Å². The van der Waals surface area contributed by atoms with E-state index in [1.165, 1.54) is 0 Å². The normalized spacial score (nSPS) is 11.6. The molecular formula is C11H12N2O4S. The second-order valence-corrected chi connectivity index (χ2v) is 5.42. The summed E-state index contributed by atoms with van der Waals surface area (Å²) >= 11 is 0. The van der Waals surface area contributed by atoms with Crippen molar-refractivity contribution in [1.29, 1.82) is 0 Å². The average Bonchev–Trinajstić information content (AvgIpc) is 2.74. The van der Waals surface area contributed by atoms with Gasteiger partial charge in [0.2, 0.25) is 0 Å². The minimum absolute atomic E-state index is 0.148. The van der Waals surface area contributed by atoms with E-state index in [4.69, 9.17) is 10.3 Å². The quantitative estimate of drug-likeness (QED) is 0.665. The molecule has 1 aromatic carbocycles. The van der Waals surface area contributed by atoms with Crippen LogP contribution in [0, 0.1) is 0 Å². The molecule has 2 aromatic rings. The van der Waals surface area contributed by atoms with Gasteiger partial charge in [-0.15, -0.1) is 0 Å². The molecular weight excluding hydrogens is 256 g/mol. The maximum Gasteiger partial charge on any atom is 0.264 e. The second kappa shape index (κ2) is 4.79. The average molecular weight is 268 g/mol. The summed E-state index contributed by atoms with van der Waals surface area (Å²) in [7, 11) is -3.49. The Hall–Kier alpha value is -1.86. The minimum Gasteiger partial charge on any atom is -0.399 e. The Labute approximate surface area is 104 Å². The van der Waals surface area contributed by atoms with Gasteiger partial charge < -0.3 is 10.3 Å². The molecule has 0 fully saturated rings. The molecule has 6 nitrogen and oxygen atoms in total. The van der Waals surface area contributed by atoms with Crippen molar-refractivity contribution in [2.45, 2.75) is 6.61 Å². The Morgan fingerprint density at radius 1 is 1.39 bits per heavy atom. The van der Waals surface area contributed by atoms with Gasteiger partial charge >= 0.3 is 0 Å². The third-order valence-corrected chi connectivity index (χ3v) is 2.70. The Morgan fingerprint density at radius 3 is 2.83 bits per heavy atom. The number of nitrogens with two attached hydrogens (primary N) is 1. The smallest absolute Gasteiger partial charge is 0.264 e. The van der Waals surface area contributed by atoms with Crippen molar-refractivity contribution in [2.24, 2.45) is 0 Å². The number of hydrogen-bond acceptors (Lipinski definition) is 6. The highest BCUT2D eigenvalue weighted by molar-refractivity contribution is 7.85. The second-order valence-electron chi connectivity index (χ2n) is 3.77. The number of aromatic nitrogens is 1. The van der Waals surface area contributed by atoms with Crippen molar-refractivity contribution in [3.63, 3.8) is 0 Å². The fourth-order valence-corrected chi connectivity index (χ4v) is 1.71. The van der Waals surface area contributed by atoms with E-state index in [0.29, 0.717) is 17.1 Å². The lowest BCUT2D eigenvalue weighted by molar-refractivity contribution is 0.296. The topological polar surface area (TPSA) is 95.4 Å². The molecule has 0 saturated heterocycles. The van der Waals surface area contributed by atoms with Crippen LogP contribution in [0.15, 0.2) is 34.9 Å². The molecule has 1 aromatic heterocycles. The van der Waals surface area contributed by atoms with Gasteiger partial charge in [0.05, 0.1) is 6.26 Å². The van der Waals surface area contributed by atoms with Crippen molar-refractivity contribution >= 4 is 15.8 Å². The standard InChI is InChI=1S/C11H12N2O4S/c1-18(14,15)16-7-10-6-11(17-13-10)8-3-2-4-9(12)5-8/h2-6H,7,12H2,1H3. The Morgan fingerprint density at radius 2 is 2.17 bits per heavy atom. The maximum absolute atomic E-state index is 10.8. The summed E-state index contributed by atoms with van der Waals surface area (Å²) < 4.78 is 31.4. The van der Waals surface area contributed by atoms with Crippen LogP contribution in [0.4, 0.5) is 5.69 Å². The van der Waals surface area contributed by atoms with E-state index in [-0.39, 0.29) is 6.61 Å². The molecule has 2 N–H and O–H groups in total. The maximum atomic E-state index is 10.8. The number of nitrogens with zero attached hydrogens (tertiary/aromatic N) is 1. The van der Waals surface area contributed by atoms with Crippen LogP contribution in [0.5, 0.6) is 0 Å². The first kappa shape index (κ1) is 12.6. The largest absolute Gasteiger partial charge is 0.399 e. The van der Waals surface area contributed by atoms with Crippen molar-refractivity contribution in [3.05, 3.63) is 36.0 Å². The third-order valence-electron chi connectivity index (χ3n) is 2.15. The zero-order valence-corrected chi connectivity index (χ0v) is 10.5. The molecule has 0 spiro atoms. The summed E-state index contributed by atoms with van der Waals surface area (Å²) in [5.74, 6) is 0.509. The first-order valence-electron chi connectivity index (χ1n) is 5.10. The van der Waals surface area contributed by atoms with Crippen molar-refractivity contribution in [1.82, 2.24) is 5.16 Å². The summed E-state index contributed by atoms with van der Waals surface area (Å²) in [6, 6.07) is 8.72. The van der Waals surface area contributed by atoms with E-state index < -0.39 is 10.1 Å². The van der Waals surface area contributed by atoms with E-state index in [1.807, 2.05) is 6.07 Å². The van der Waals surface area contributed by atoms with E-state index in [9.17, 15) is 8.42 Å². The Kier molecular flexibility index (Phi) is 3.35. The van der Waals surface area contributed by atoms with Crippen LogP contribution in [0.3, 0.4) is 0 Å². The molecule has 2 rings (SSSR count). The van der Waals surface area contributed by atoms with Gasteiger partial charge in [-0.2, -0.15) is 8.42 Å². The highest BCUT2D eigenvalue weighted by Crippen LogP contribution is 2.22. The molecule has 0 aliphatic heterocycles. The third kappa shape index (κ3) is 3.31. The first-order valence-corrected chi connectivity index (χ1v) is 6.91. The van der Waals surface area contributed by atoms with Gasteiger partial charge in [-0.3, -0.25) is 4.18 Å². The van der Waals surface area contributed by atoms with Crippen LogP contribution < -0.4 is 5.73 Å². The van der Waals surface area contributed by atoms with Crippen molar-refractivity contribution < 1.29 is 17.1 Å².